The van der Waals surface area contributed by atoms with E-state index in [1.807, 2.05) is 102 Å². The Hall–Kier alpha value is -1.80. The Morgan fingerprint density at radius 2 is 1.31 bits per heavy atom. The summed E-state index contributed by atoms with van der Waals surface area (Å²) in [7, 11) is -4.09. The normalized spacial score (nSPS) is 16.6. The van der Waals surface area contributed by atoms with E-state index in [1.165, 1.54) is 0 Å². The summed E-state index contributed by atoms with van der Waals surface area (Å²) in [5.41, 5.74) is -0.877. The van der Waals surface area contributed by atoms with Gasteiger partial charge in [0.15, 0.2) is 8.32 Å². The molecule has 7 heteroatoms. The lowest BCUT2D eigenvalue weighted by molar-refractivity contribution is -0.179. The molecule has 0 unspecified atom stereocenters. The molecular weight excluding hydrogens is 486 g/mol. The van der Waals surface area contributed by atoms with Gasteiger partial charge in [-0.15, -0.1) is 0 Å². The number of carbonyl (C=O) groups excluding carboxylic acids is 1. The van der Waals surface area contributed by atoms with E-state index in [9.17, 15) is 9.00 Å². The lowest BCUT2D eigenvalue weighted by atomic mass is 9.82. The van der Waals surface area contributed by atoms with E-state index in [2.05, 4.69) is 38.6 Å². The largest absolute Gasteiger partial charge is 0.458 e. The van der Waals surface area contributed by atoms with Gasteiger partial charge in [0.2, 0.25) is 5.60 Å². The zero-order chi connectivity index (χ0) is 27.6. The first-order valence-electron chi connectivity index (χ1n) is 12.5. The highest BCUT2D eigenvalue weighted by atomic mass is 32.2. The van der Waals surface area contributed by atoms with E-state index in [0.29, 0.717) is 5.56 Å². The van der Waals surface area contributed by atoms with Crippen LogP contribution in [0, 0.1) is 0 Å². The van der Waals surface area contributed by atoms with Crippen LogP contribution in [0.15, 0.2) is 60.7 Å². The molecule has 0 aromatic heterocycles. The van der Waals surface area contributed by atoms with Gasteiger partial charge in [-0.3, -0.25) is 0 Å². The maximum atomic E-state index is 14.5. The van der Waals surface area contributed by atoms with Crippen molar-refractivity contribution in [2.45, 2.75) is 102 Å². The lowest BCUT2D eigenvalue weighted by Gasteiger charge is -2.48. The van der Waals surface area contributed by atoms with Crippen LogP contribution in [0.25, 0.3) is 0 Å². The van der Waals surface area contributed by atoms with Crippen LogP contribution < -0.4 is 4.72 Å². The Bertz CT molecular complexity index is 1040. The third-order valence-corrected chi connectivity index (χ3v) is 12.5. The van der Waals surface area contributed by atoms with Crippen molar-refractivity contribution < 1.29 is 18.2 Å². The number of ether oxygens (including phenoxy) is 1. The monoisotopic (exact) mass is 531 g/mol. The van der Waals surface area contributed by atoms with Crippen LogP contribution in [0.1, 0.15) is 79.5 Å². The number of nitrogens with one attached hydrogen (secondary N) is 1. The van der Waals surface area contributed by atoms with Gasteiger partial charge < -0.3 is 9.16 Å². The Labute approximate surface area is 222 Å². The van der Waals surface area contributed by atoms with E-state index in [0.717, 1.165) is 5.56 Å². The predicted molar refractivity (Wildman–Crippen MR) is 152 cm³/mol. The molecule has 0 amide bonds. The van der Waals surface area contributed by atoms with E-state index in [4.69, 9.17) is 9.16 Å². The topological polar surface area (TPSA) is 64.6 Å². The number of hydrogen-bond acceptors (Lipinski definition) is 4. The molecule has 0 saturated carbocycles. The van der Waals surface area contributed by atoms with Gasteiger partial charge >= 0.3 is 5.97 Å². The van der Waals surface area contributed by atoms with Crippen LogP contribution in [-0.4, -0.2) is 28.8 Å². The molecule has 0 saturated heterocycles. The fourth-order valence-corrected chi connectivity index (χ4v) is 5.77. The standard InChI is InChI=1S/C29H45NO4SSi/c1-26(2,3)33-25(31)29(23-20-16-13-17-21-23,34-36(10,11)28(7,8)9)24(22-18-14-12-15-19-22)30-35(32)27(4,5)6/h12-21,24,30H,1-11H3/t24-,29-,35-/m1/s1. The highest BCUT2D eigenvalue weighted by Gasteiger charge is 2.57. The first-order valence-corrected chi connectivity index (χ1v) is 16.6. The molecule has 5 nitrogen and oxygen atoms in total. The van der Waals surface area contributed by atoms with Gasteiger partial charge in [-0.2, -0.15) is 0 Å². The maximum Gasteiger partial charge on any atom is 0.344 e. The van der Waals surface area contributed by atoms with Crippen LogP contribution in [-0.2, 0) is 30.5 Å². The molecule has 0 aliphatic rings. The molecule has 0 aliphatic carbocycles. The van der Waals surface area contributed by atoms with Gasteiger partial charge in [-0.05, 0) is 70.8 Å². The van der Waals surface area contributed by atoms with Crippen molar-refractivity contribution in [2.75, 3.05) is 0 Å². The fraction of sp³-hybridized carbons (Fsp3) is 0.552. The van der Waals surface area contributed by atoms with E-state index >= 15 is 0 Å². The summed E-state index contributed by atoms with van der Waals surface area (Å²) in [6.45, 7) is 21.9. The average Bonchev–Trinajstić information content (AvgIpc) is 2.74. The van der Waals surface area contributed by atoms with E-state index < -0.39 is 47.3 Å². The minimum atomic E-state index is -2.59. The van der Waals surface area contributed by atoms with Crippen molar-refractivity contribution in [3.05, 3.63) is 71.8 Å². The molecule has 0 fully saturated rings. The third-order valence-electron chi connectivity index (χ3n) is 6.45. The van der Waals surface area contributed by atoms with Crippen LogP contribution >= 0.6 is 0 Å². The van der Waals surface area contributed by atoms with Crippen LogP contribution in [0.4, 0.5) is 0 Å². The zero-order valence-corrected chi connectivity index (χ0v) is 25.7. The minimum Gasteiger partial charge on any atom is -0.458 e. The number of esters is 1. The second kappa shape index (κ2) is 10.9. The highest BCUT2D eigenvalue weighted by molar-refractivity contribution is 7.84. The molecule has 200 valence electrons. The Morgan fingerprint density at radius 1 is 0.833 bits per heavy atom. The minimum absolute atomic E-state index is 0.195. The maximum absolute atomic E-state index is 14.5. The predicted octanol–water partition coefficient (Wildman–Crippen LogP) is 7.04. The fourth-order valence-electron chi connectivity index (χ4n) is 3.47. The molecule has 2 aromatic carbocycles. The zero-order valence-electron chi connectivity index (χ0n) is 23.9. The Kier molecular flexibility index (Phi) is 9.21. The molecule has 3 atom stereocenters. The molecule has 0 spiro atoms. The van der Waals surface area contributed by atoms with Crippen molar-refractivity contribution in [1.29, 1.82) is 0 Å². The third kappa shape index (κ3) is 7.15. The Balaban J connectivity index is 2.98. The first-order chi connectivity index (χ1) is 16.3. The quantitative estimate of drug-likeness (QED) is 0.293. The van der Waals surface area contributed by atoms with Gasteiger partial charge in [-0.1, -0.05) is 81.4 Å². The second-order valence-corrected chi connectivity index (χ2v) is 19.5. The molecule has 36 heavy (non-hydrogen) atoms. The molecule has 2 rings (SSSR count). The van der Waals surface area contributed by atoms with Crippen molar-refractivity contribution in [3.63, 3.8) is 0 Å². The van der Waals surface area contributed by atoms with Gasteiger partial charge in [0, 0.05) is 0 Å². The van der Waals surface area contributed by atoms with Gasteiger partial charge in [0.1, 0.15) is 5.60 Å². The number of carbonyl (C=O) groups is 1. The molecule has 2 aromatic rings. The smallest absolute Gasteiger partial charge is 0.344 e. The Morgan fingerprint density at radius 3 is 1.72 bits per heavy atom. The lowest BCUT2D eigenvalue weighted by Crippen LogP contribution is -2.59. The molecule has 0 aliphatic heterocycles. The van der Waals surface area contributed by atoms with Crippen molar-refractivity contribution in [1.82, 2.24) is 4.72 Å². The summed E-state index contributed by atoms with van der Waals surface area (Å²) in [6.07, 6.45) is 0. The number of benzene rings is 2. The SMILES string of the molecule is CC(C)(C)OC(=O)[C@@](O[Si](C)(C)C(C)(C)C)(c1ccccc1)[C@H](N[S@](=O)C(C)(C)C)c1ccccc1. The second-order valence-electron chi connectivity index (χ2n) is 12.8. The van der Waals surface area contributed by atoms with Crippen LogP contribution in [0.5, 0.6) is 0 Å². The van der Waals surface area contributed by atoms with Crippen LogP contribution in [0.3, 0.4) is 0 Å². The van der Waals surface area contributed by atoms with Crippen LogP contribution in [0.2, 0.25) is 18.1 Å². The van der Waals surface area contributed by atoms with E-state index in [-0.39, 0.29) is 5.04 Å². The van der Waals surface area contributed by atoms with Gasteiger partial charge in [0.25, 0.3) is 0 Å². The van der Waals surface area contributed by atoms with Gasteiger partial charge in [0.05, 0.1) is 21.8 Å². The number of hydrogen-bond donors (Lipinski definition) is 1. The van der Waals surface area contributed by atoms with Crippen molar-refractivity contribution in [2.24, 2.45) is 0 Å². The summed E-state index contributed by atoms with van der Waals surface area (Å²) in [5.74, 6) is -0.502. The summed E-state index contributed by atoms with van der Waals surface area (Å²) >= 11 is 0. The molecule has 0 heterocycles. The highest BCUT2D eigenvalue weighted by Crippen LogP contribution is 2.48. The number of rotatable bonds is 8. The average molecular weight is 532 g/mol. The summed E-state index contributed by atoms with van der Waals surface area (Å²) in [4.78, 5) is 14.5. The van der Waals surface area contributed by atoms with Crippen molar-refractivity contribution >= 4 is 25.3 Å². The molecule has 0 radical (unpaired) electrons. The van der Waals surface area contributed by atoms with E-state index in [1.54, 1.807) is 0 Å². The summed E-state index contributed by atoms with van der Waals surface area (Å²) in [5, 5.41) is -0.195. The first kappa shape index (κ1) is 30.4. The molecule has 0 bridgehead atoms. The summed E-state index contributed by atoms with van der Waals surface area (Å²) in [6, 6.07) is 18.4. The van der Waals surface area contributed by atoms with Gasteiger partial charge in [-0.25, -0.2) is 13.7 Å². The molecular formula is C29H45NO4SSi. The van der Waals surface area contributed by atoms with Crippen molar-refractivity contribution in [3.8, 4) is 0 Å². The summed E-state index contributed by atoms with van der Waals surface area (Å²) < 4.78 is 29.6. The molecule has 1 N–H and O–H groups in total.